The van der Waals surface area contributed by atoms with Gasteiger partial charge in [-0.1, -0.05) is 13.3 Å². The molecule has 0 spiro atoms. The Balaban J connectivity index is 2.07. The van der Waals surface area contributed by atoms with Crippen molar-refractivity contribution in [3.05, 3.63) is 12.0 Å². The molecule has 0 radical (unpaired) electrons. The molecule has 0 amide bonds. The second kappa shape index (κ2) is 7.67. The van der Waals surface area contributed by atoms with Gasteiger partial charge in [0.05, 0.1) is 0 Å². The highest BCUT2D eigenvalue weighted by atomic mass is 16.5. The number of ether oxygens (including phenoxy) is 1. The number of carboxylic acid groups (broad SMARTS) is 1. The summed E-state index contributed by atoms with van der Waals surface area (Å²) in [6.45, 7) is 4.23. The van der Waals surface area contributed by atoms with Crippen LogP contribution in [0.1, 0.15) is 36.7 Å². The number of aromatic carboxylic acids is 1. The van der Waals surface area contributed by atoms with Crippen LogP contribution in [0.2, 0.25) is 0 Å². The number of carbonyl (C=O) groups is 1. The van der Waals surface area contributed by atoms with E-state index in [1.807, 2.05) is 0 Å². The van der Waals surface area contributed by atoms with Crippen LogP contribution >= 0.6 is 0 Å². The number of rotatable bonds is 9. The fourth-order valence-corrected chi connectivity index (χ4v) is 1.17. The van der Waals surface area contributed by atoms with Gasteiger partial charge in [0.2, 0.25) is 0 Å². The van der Waals surface area contributed by atoms with E-state index < -0.39 is 5.97 Å². The molecule has 0 unspecified atom stereocenters. The molecule has 0 bridgehead atoms. The fourth-order valence-electron chi connectivity index (χ4n) is 1.17. The van der Waals surface area contributed by atoms with Crippen molar-refractivity contribution in [2.75, 3.05) is 25.1 Å². The van der Waals surface area contributed by atoms with Gasteiger partial charge in [-0.15, -0.1) is 0 Å². The predicted molar refractivity (Wildman–Crippen MR) is 62.3 cm³/mol. The molecule has 0 aliphatic carbocycles. The number of anilines is 1. The third-order valence-electron chi connectivity index (χ3n) is 2.11. The van der Waals surface area contributed by atoms with Crippen LogP contribution < -0.4 is 5.32 Å². The van der Waals surface area contributed by atoms with Crippen LogP contribution in [0.25, 0.3) is 0 Å². The van der Waals surface area contributed by atoms with Crippen molar-refractivity contribution in [2.45, 2.75) is 26.2 Å². The molecule has 6 nitrogen and oxygen atoms in total. The molecule has 6 heteroatoms. The van der Waals surface area contributed by atoms with Crippen molar-refractivity contribution in [1.29, 1.82) is 0 Å². The Labute approximate surface area is 100.0 Å². The number of hydrogen-bond donors (Lipinski definition) is 2. The van der Waals surface area contributed by atoms with Crippen molar-refractivity contribution >= 4 is 12.0 Å². The Hall–Kier alpha value is -1.56. The molecule has 1 heterocycles. The zero-order valence-electron chi connectivity index (χ0n) is 9.94. The van der Waals surface area contributed by atoms with Crippen LogP contribution in [0.4, 0.5) is 6.01 Å². The molecular weight excluding hydrogens is 224 g/mol. The summed E-state index contributed by atoms with van der Waals surface area (Å²) in [5.74, 6) is -1.09. The van der Waals surface area contributed by atoms with E-state index >= 15 is 0 Å². The van der Waals surface area contributed by atoms with Crippen LogP contribution in [-0.4, -0.2) is 35.8 Å². The van der Waals surface area contributed by atoms with E-state index in [2.05, 4.69) is 17.2 Å². The normalized spacial score (nSPS) is 10.4. The molecule has 0 saturated heterocycles. The standard InChI is InChI=1S/C11H18N2O4/c1-2-3-6-16-7-4-5-12-11-13-9(8-17-11)10(14)15/h8H,2-7H2,1H3,(H,12,13)(H,14,15). The number of nitrogens with zero attached hydrogens (tertiary/aromatic N) is 1. The maximum Gasteiger partial charge on any atom is 0.357 e. The Bertz CT molecular complexity index is 338. The molecule has 1 rings (SSSR count). The topological polar surface area (TPSA) is 84.6 Å². The summed E-state index contributed by atoms with van der Waals surface area (Å²) < 4.78 is 10.3. The number of oxazole rings is 1. The summed E-state index contributed by atoms with van der Waals surface area (Å²) in [6, 6.07) is 0.232. The highest BCUT2D eigenvalue weighted by Gasteiger charge is 2.09. The second-order valence-corrected chi connectivity index (χ2v) is 3.59. The molecule has 0 fully saturated rings. The fraction of sp³-hybridized carbons (Fsp3) is 0.636. The van der Waals surface area contributed by atoms with Gasteiger partial charge in [-0.2, -0.15) is 4.98 Å². The molecule has 0 aliphatic rings. The van der Waals surface area contributed by atoms with Gasteiger partial charge in [0, 0.05) is 19.8 Å². The first kappa shape index (κ1) is 13.5. The van der Waals surface area contributed by atoms with Crippen LogP contribution in [0, 0.1) is 0 Å². The Morgan fingerprint density at radius 1 is 1.53 bits per heavy atom. The van der Waals surface area contributed by atoms with Crippen molar-refractivity contribution in [1.82, 2.24) is 4.98 Å². The molecule has 1 aromatic heterocycles. The largest absolute Gasteiger partial charge is 0.476 e. The minimum absolute atomic E-state index is 0.0910. The molecule has 2 N–H and O–H groups in total. The Morgan fingerprint density at radius 2 is 2.29 bits per heavy atom. The van der Waals surface area contributed by atoms with Gasteiger partial charge in [-0.25, -0.2) is 4.79 Å². The monoisotopic (exact) mass is 242 g/mol. The summed E-state index contributed by atoms with van der Waals surface area (Å²) in [5, 5.41) is 11.5. The van der Waals surface area contributed by atoms with E-state index in [9.17, 15) is 4.79 Å². The predicted octanol–water partition coefficient (Wildman–Crippen LogP) is 1.99. The van der Waals surface area contributed by atoms with Crippen LogP contribution in [0.5, 0.6) is 0 Å². The average molecular weight is 242 g/mol. The van der Waals surface area contributed by atoms with Gasteiger partial charge >= 0.3 is 5.97 Å². The number of unbranched alkanes of at least 4 members (excludes halogenated alkanes) is 1. The average Bonchev–Trinajstić information content (AvgIpc) is 2.77. The number of hydrogen-bond acceptors (Lipinski definition) is 5. The maximum atomic E-state index is 10.5. The van der Waals surface area contributed by atoms with E-state index in [0.29, 0.717) is 13.2 Å². The van der Waals surface area contributed by atoms with E-state index in [0.717, 1.165) is 32.1 Å². The molecule has 0 saturated carbocycles. The lowest BCUT2D eigenvalue weighted by Gasteiger charge is -2.03. The van der Waals surface area contributed by atoms with Crippen LogP contribution in [0.3, 0.4) is 0 Å². The summed E-state index contributed by atoms with van der Waals surface area (Å²) in [7, 11) is 0. The molecule has 0 aliphatic heterocycles. The Kier molecular flexibility index (Phi) is 6.09. The van der Waals surface area contributed by atoms with Crippen molar-refractivity contribution < 1.29 is 19.1 Å². The minimum atomic E-state index is -1.09. The highest BCUT2D eigenvalue weighted by Crippen LogP contribution is 2.06. The molecule has 0 atom stereocenters. The minimum Gasteiger partial charge on any atom is -0.476 e. The zero-order chi connectivity index (χ0) is 12.5. The lowest BCUT2D eigenvalue weighted by Crippen LogP contribution is -2.07. The van der Waals surface area contributed by atoms with Gasteiger partial charge in [0.1, 0.15) is 6.26 Å². The zero-order valence-corrected chi connectivity index (χ0v) is 9.94. The first-order chi connectivity index (χ1) is 8.24. The third-order valence-corrected chi connectivity index (χ3v) is 2.11. The van der Waals surface area contributed by atoms with E-state index in [-0.39, 0.29) is 11.7 Å². The smallest absolute Gasteiger partial charge is 0.357 e. The van der Waals surface area contributed by atoms with Gasteiger partial charge in [-0.3, -0.25) is 0 Å². The third kappa shape index (κ3) is 5.35. The molecule has 96 valence electrons. The first-order valence-electron chi connectivity index (χ1n) is 5.74. The summed E-state index contributed by atoms with van der Waals surface area (Å²) in [6.07, 6.45) is 4.15. The summed E-state index contributed by atoms with van der Waals surface area (Å²) in [5.41, 5.74) is -0.0910. The highest BCUT2D eigenvalue weighted by molar-refractivity contribution is 5.85. The van der Waals surface area contributed by atoms with Crippen LogP contribution in [-0.2, 0) is 4.74 Å². The lowest BCUT2D eigenvalue weighted by molar-refractivity contribution is 0.0690. The first-order valence-corrected chi connectivity index (χ1v) is 5.74. The number of nitrogens with one attached hydrogen (secondary N) is 1. The Morgan fingerprint density at radius 3 is 2.94 bits per heavy atom. The number of aromatic nitrogens is 1. The SMILES string of the molecule is CCCCOCCCNc1nc(C(=O)O)co1. The summed E-state index contributed by atoms with van der Waals surface area (Å²) in [4.78, 5) is 14.3. The molecule has 0 aromatic carbocycles. The number of carboxylic acids is 1. The summed E-state index contributed by atoms with van der Waals surface area (Å²) >= 11 is 0. The van der Waals surface area contributed by atoms with E-state index in [1.54, 1.807) is 0 Å². The second-order valence-electron chi connectivity index (χ2n) is 3.59. The quantitative estimate of drug-likeness (QED) is 0.644. The van der Waals surface area contributed by atoms with E-state index in [4.69, 9.17) is 14.3 Å². The molecular formula is C11H18N2O4. The maximum absolute atomic E-state index is 10.5. The van der Waals surface area contributed by atoms with Gasteiger partial charge < -0.3 is 19.6 Å². The van der Waals surface area contributed by atoms with E-state index in [1.165, 1.54) is 0 Å². The van der Waals surface area contributed by atoms with Gasteiger partial charge in [-0.05, 0) is 12.8 Å². The van der Waals surface area contributed by atoms with Crippen molar-refractivity contribution in [3.8, 4) is 0 Å². The van der Waals surface area contributed by atoms with Gasteiger partial charge in [0.25, 0.3) is 6.01 Å². The van der Waals surface area contributed by atoms with Crippen LogP contribution in [0.15, 0.2) is 10.7 Å². The van der Waals surface area contributed by atoms with Crippen molar-refractivity contribution in [3.63, 3.8) is 0 Å². The molecule has 1 aromatic rings. The van der Waals surface area contributed by atoms with Gasteiger partial charge in [0.15, 0.2) is 5.69 Å². The lowest BCUT2D eigenvalue weighted by atomic mass is 10.4. The molecule has 17 heavy (non-hydrogen) atoms. The van der Waals surface area contributed by atoms with Crippen molar-refractivity contribution in [2.24, 2.45) is 0 Å².